The summed E-state index contributed by atoms with van der Waals surface area (Å²) in [5.41, 5.74) is 0. The van der Waals surface area contributed by atoms with Crippen molar-refractivity contribution in [3.8, 4) is 0 Å². The van der Waals surface area contributed by atoms with Gasteiger partial charge in [0.05, 0.1) is 0 Å². The third-order valence-corrected chi connectivity index (χ3v) is 1.05. The summed E-state index contributed by atoms with van der Waals surface area (Å²) in [5.74, 6) is 0. The highest BCUT2D eigenvalue weighted by Gasteiger charge is 1.74. The zero-order chi connectivity index (χ0) is 4.12. The molecule has 0 aliphatic heterocycles. The lowest BCUT2D eigenvalue weighted by Crippen LogP contribution is -1.68. The third-order valence-electron chi connectivity index (χ3n) is 0.487. The van der Waals surface area contributed by atoms with Crippen LogP contribution in [-0.2, 0) is 0 Å². The highest BCUT2D eigenvalue weighted by atomic mass is 79.9. The van der Waals surface area contributed by atoms with Gasteiger partial charge in [0.25, 0.3) is 0 Å². The Bertz CT molecular complexity index is 14.4. The molecule has 0 aromatic heterocycles. The lowest BCUT2D eigenvalue weighted by Gasteiger charge is -1.74. The Hall–Kier alpha value is 0.545. The Balaban J connectivity index is 2.19. The molecule has 0 radical (unpaired) electrons. The van der Waals surface area contributed by atoms with E-state index in [0.717, 1.165) is 6.10 Å². The monoisotopic (exact) mass is 134 g/mol. The maximum atomic E-state index is 3.31. The number of halogens is 1. The van der Waals surface area contributed by atoms with Gasteiger partial charge in [-0.1, -0.05) is 19.7 Å². The minimum absolute atomic E-state index is 1.16. The zero-order valence-electron chi connectivity index (χ0n) is 3.50. The maximum absolute atomic E-state index is 3.31. The second-order valence-corrected chi connectivity index (χ2v) is 1.84. The zero-order valence-corrected chi connectivity index (χ0v) is 5.09. The summed E-state index contributed by atoms with van der Waals surface area (Å²) in [6.07, 6.45) is 3.76. The average molecular weight is 135 g/mol. The summed E-state index contributed by atoms with van der Waals surface area (Å²) in [7, 11) is 0. The smallest absolute Gasteiger partial charge is 0.162 e. The Labute approximate surface area is 42.2 Å². The largest absolute Gasteiger partial charge is 0.204 e. The molecule has 0 saturated heterocycles. The van der Waals surface area contributed by atoms with Gasteiger partial charge in [0.1, 0.15) is 0 Å². The summed E-state index contributed by atoms with van der Waals surface area (Å²) < 4.78 is 0. The van der Waals surface area contributed by atoms with Crippen molar-refractivity contribution < 1.29 is 0 Å². The van der Waals surface area contributed by atoms with Gasteiger partial charge >= 0.3 is 0 Å². The molecule has 2 heteroatoms. The fourth-order valence-electron chi connectivity index (χ4n) is 0.134. The number of hydrogen-bond acceptors (Lipinski definition) is 0. The summed E-state index contributed by atoms with van der Waals surface area (Å²) in [6.45, 7) is 2.18. The van der Waals surface area contributed by atoms with E-state index in [-0.39, 0.29) is 0 Å². The Morgan fingerprint density at radius 2 is 2.40 bits per heavy atom. The van der Waals surface area contributed by atoms with Gasteiger partial charge in [0, 0.05) is 0 Å². The van der Waals surface area contributed by atoms with Crippen LogP contribution in [0.2, 0.25) is 6.32 Å². The fourth-order valence-corrected chi connectivity index (χ4v) is 0.694. The van der Waals surface area contributed by atoms with Crippen LogP contribution in [0, 0.1) is 0 Å². The van der Waals surface area contributed by atoms with Crippen LogP contribution in [0.15, 0.2) is 0 Å². The topological polar surface area (TPSA) is 0 Å². The molecule has 0 N–H and O–H groups in total. The minimum Gasteiger partial charge on any atom is -0.162 e. The van der Waals surface area contributed by atoms with Crippen molar-refractivity contribution >= 4 is 21.9 Å². The Morgan fingerprint density at radius 3 is 2.40 bits per heavy atom. The van der Waals surface area contributed by atoms with Crippen LogP contribution < -0.4 is 0 Å². The van der Waals surface area contributed by atoms with Gasteiger partial charge in [-0.3, -0.25) is 0 Å². The average Bonchev–Trinajstić information content (AvgIpc) is 1.41. The van der Waals surface area contributed by atoms with Crippen molar-refractivity contribution in [1.82, 2.24) is 0 Å². The lowest BCUT2D eigenvalue weighted by atomic mass is 10.0. The second kappa shape index (κ2) is 4.54. The molecule has 0 aromatic carbocycles. The molecular formula is C3H8BBr. The molecule has 0 heterocycles. The van der Waals surface area contributed by atoms with E-state index in [2.05, 4.69) is 22.7 Å². The van der Waals surface area contributed by atoms with Crippen molar-refractivity contribution in [2.75, 3.05) is 0 Å². The summed E-state index contributed by atoms with van der Waals surface area (Å²) >= 11 is 3.31. The molecule has 0 rings (SSSR count). The molecule has 0 fully saturated rings. The first-order valence-corrected chi connectivity index (χ1v) is 3.10. The van der Waals surface area contributed by atoms with Gasteiger partial charge in [-0.15, -0.1) is 0 Å². The molecule has 0 saturated carbocycles. The van der Waals surface area contributed by atoms with Crippen LogP contribution in [0.25, 0.3) is 0 Å². The minimum atomic E-state index is 1.16. The van der Waals surface area contributed by atoms with Crippen molar-refractivity contribution in [3.05, 3.63) is 0 Å². The molecule has 0 amide bonds. The van der Waals surface area contributed by atoms with Crippen LogP contribution in [0.1, 0.15) is 13.3 Å². The molecule has 0 aliphatic rings. The molecule has 30 valence electrons. The molecule has 0 spiro atoms. The van der Waals surface area contributed by atoms with Gasteiger partial charge < -0.3 is 0 Å². The summed E-state index contributed by atoms with van der Waals surface area (Å²) in [4.78, 5) is 0. The summed E-state index contributed by atoms with van der Waals surface area (Å²) in [5, 5.41) is 0. The standard InChI is InChI=1S/C3H8BBr/c1-2-3-4-5/h4H,2-3H2,1H3. The maximum Gasteiger partial charge on any atom is 0.204 e. The van der Waals surface area contributed by atoms with Crippen LogP contribution >= 0.6 is 15.8 Å². The van der Waals surface area contributed by atoms with E-state index >= 15 is 0 Å². The predicted octanol–water partition coefficient (Wildman–Crippen LogP) is 1.56. The highest BCUT2D eigenvalue weighted by molar-refractivity contribution is 9.23. The molecule has 0 nitrogen and oxygen atoms in total. The van der Waals surface area contributed by atoms with Crippen LogP contribution in [0.3, 0.4) is 0 Å². The molecule has 0 aromatic rings. The first kappa shape index (κ1) is 5.54. The summed E-state index contributed by atoms with van der Waals surface area (Å²) in [6, 6.07) is 0. The van der Waals surface area contributed by atoms with Gasteiger partial charge in [0.15, 0.2) is 0 Å². The van der Waals surface area contributed by atoms with Crippen LogP contribution in [-0.4, -0.2) is 6.10 Å². The molecule has 0 unspecified atom stereocenters. The molecule has 5 heavy (non-hydrogen) atoms. The van der Waals surface area contributed by atoms with Crippen molar-refractivity contribution in [2.24, 2.45) is 0 Å². The predicted molar refractivity (Wildman–Crippen MR) is 31.2 cm³/mol. The third kappa shape index (κ3) is 4.54. The number of hydrogen-bond donors (Lipinski definition) is 0. The molecule has 0 atom stereocenters. The van der Waals surface area contributed by atoms with E-state index in [9.17, 15) is 0 Å². The van der Waals surface area contributed by atoms with Gasteiger partial charge in [-0.2, -0.15) is 15.8 Å². The highest BCUT2D eigenvalue weighted by Crippen LogP contribution is 1.87. The number of rotatable bonds is 2. The van der Waals surface area contributed by atoms with E-state index in [1.54, 1.807) is 0 Å². The fraction of sp³-hybridized carbons (Fsp3) is 1.00. The normalized spacial score (nSPS) is 7.60. The first-order valence-electron chi connectivity index (χ1n) is 1.97. The van der Waals surface area contributed by atoms with E-state index in [1.807, 2.05) is 0 Å². The van der Waals surface area contributed by atoms with E-state index in [4.69, 9.17) is 0 Å². The van der Waals surface area contributed by atoms with E-state index in [0.29, 0.717) is 0 Å². The molecule has 0 bridgehead atoms. The Morgan fingerprint density at radius 1 is 1.80 bits per heavy atom. The van der Waals surface area contributed by atoms with E-state index in [1.165, 1.54) is 12.7 Å². The molecular weight excluding hydrogens is 127 g/mol. The van der Waals surface area contributed by atoms with Crippen LogP contribution in [0.4, 0.5) is 0 Å². The van der Waals surface area contributed by atoms with Gasteiger partial charge in [-0.25, -0.2) is 0 Å². The Kier molecular flexibility index (Phi) is 5.04. The van der Waals surface area contributed by atoms with Gasteiger partial charge in [-0.05, 0) is 0 Å². The quantitative estimate of drug-likeness (QED) is 0.503. The second-order valence-electron chi connectivity index (χ2n) is 1.04. The van der Waals surface area contributed by atoms with Crippen molar-refractivity contribution in [1.29, 1.82) is 0 Å². The van der Waals surface area contributed by atoms with E-state index < -0.39 is 0 Å². The SMILES string of the molecule is CCCBBr. The van der Waals surface area contributed by atoms with Crippen LogP contribution in [0.5, 0.6) is 0 Å². The lowest BCUT2D eigenvalue weighted by molar-refractivity contribution is 1.08. The van der Waals surface area contributed by atoms with Gasteiger partial charge in [0.2, 0.25) is 6.10 Å². The molecule has 0 aliphatic carbocycles. The van der Waals surface area contributed by atoms with Crippen molar-refractivity contribution in [3.63, 3.8) is 0 Å². The first-order chi connectivity index (χ1) is 2.41. The van der Waals surface area contributed by atoms with Crippen molar-refractivity contribution in [2.45, 2.75) is 19.7 Å².